The second-order valence-corrected chi connectivity index (χ2v) is 9.26. The smallest absolute Gasteiger partial charge is 0.336 e. The molecule has 5 rings (SSSR count). The first-order chi connectivity index (χ1) is 17.5. The molecule has 0 aromatic heterocycles. The summed E-state index contributed by atoms with van der Waals surface area (Å²) in [6.45, 7) is 2.34. The van der Waals surface area contributed by atoms with Gasteiger partial charge in [-0.15, -0.1) is 0 Å². The molecule has 182 valence electrons. The Hall–Kier alpha value is -4.12. The SMILES string of the molecule is COC(=O)C1=C(C)NC2=C(C(=O)C[C@@H](c3ccccc3)C2)[C@@H]1c1ccc(OCc2ccccc2)cc1. The number of ketones is 1. The molecule has 5 heteroatoms. The Labute approximate surface area is 211 Å². The molecule has 0 radical (unpaired) electrons. The van der Waals surface area contributed by atoms with Crippen molar-refractivity contribution in [1.82, 2.24) is 5.32 Å². The fourth-order valence-electron chi connectivity index (χ4n) is 5.21. The number of hydrogen-bond donors (Lipinski definition) is 1. The Morgan fingerprint density at radius 2 is 1.56 bits per heavy atom. The second-order valence-electron chi connectivity index (χ2n) is 9.26. The highest BCUT2D eigenvalue weighted by atomic mass is 16.5. The molecule has 0 unspecified atom stereocenters. The average molecular weight is 480 g/mol. The van der Waals surface area contributed by atoms with Gasteiger partial charge >= 0.3 is 5.97 Å². The lowest BCUT2D eigenvalue weighted by molar-refractivity contribution is -0.136. The zero-order chi connectivity index (χ0) is 25.1. The van der Waals surface area contributed by atoms with Crippen molar-refractivity contribution in [3.63, 3.8) is 0 Å². The van der Waals surface area contributed by atoms with E-state index in [0.29, 0.717) is 30.6 Å². The van der Waals surface area contributed by atoms with Crippen LogP contribution in [0, 0.1) is 0 Å². The molecule has 3 aromatic rings. The van der Waals surface area contributed by atoms with Crippen molar-refractivity contribution >= 4 is 11.8 Å². The van der Waals surface area contributed by atoms with Crippen molar-refractivity contribution in [3.05, 3.63) is 124 Å². The molecule has 1 aliphatic heterocycles. The van der Waals surface area contributed by atoms with E-state index in [4.69, 9.17) is 9.47 Å². The molecule has 36 heavy (non-hydrogen) atoms. The van der Waals surface area contributed by atoms with E-state index >= 15 is 0 Å². The van der Waals surface area contributed by atoms with Crippen LogP contribution < -0.4 is 10.1 Å². The van der Waals surface area contributed by atoms with Gasteiger partial charge in [-0.1, -0.05) is 72.8 Å². The molecule has 0 spiro atoms. The van der Waals surface area contributed by atoms with E-state index in [9.17, 15) is 9.59 Å². The highest BCUT2D eigenvalue weighted by Gasteiger charge is 2.41. The zero-order valence-electron chi connectivity index (χ0n) is 20.5. The molecule has 0 fully saturated rings. The molecule has 2 atom stereocenters. The van der Waals surface area contributed by atoms with Crippen LogP contribution in [0.3, 0.4) is 0 Å². The van der Waals surface area contributed by atoms with Crippen molar-refractivity contribution in [2.45, 2.75) is 38.2 Å². The van der Waals surface area contributed by atoms with Crippen LogP contribution in [0.5, 0.6) is 5.75 Å². The molecule has 5 nitrogen and oxygen atoms in total. The third-order valence-corrected chi connectivity index (χ3v) is 6.97. The van der Waals surface area contributed by atoms with Gasteiger partial charge in [-0.3, -0.25) is 4.79 Å². The van der Waals surface area contributed by atoms with E-state index in [1.165, 1.54) is 7.11 Å². The molecule has 0 saturated heterocycles. The third-order valence-electron chi connectivity index (χ3n) is 6.97. The van der Waals surface area contributed by atoms with Crippen LogP contribution >= 0.6 is 0 Å². The first-order valence-electron chi connectivity index (χ1n) is 12.2. The summed E-state index contributed by atoms with van der Waals surface area (Å²) >= 11 is 0. The van der Waals surface area contributed by atoms with E-state index in [1.54, 1.807) is 0 Å². The van der Waals surface area contributed by atoms with Gasteiger partial charge in [0.2, 0.25) is 0 Å². The number of Topliss-reactive ketones (excluding diaryl/α,β-unsaturated/α-hetero) is 1. The van der Waals surface area contributed by atoms with Gasteiger partial charge in [0.15, 0.2) is 5.78 Å². The quantitative estimate of drug-likeness (QED) is 0.453. The number of nitrogens with one attached hydrogen (secondary N) is 1. The van der Waals surface area contributed by atoms with E-state index in [1.807, 2.05) is 79.7 Å². The minimum absolute atomic E-state index is 0.0564. The second kappa shape index (κ2) is 10.2. The van der Waals surface area contributed by atoms with Crippen LogP contribution in [0.4, 0.5) is 0 Å². The van der Waals surface area contributed by atoms with Crippen LogP contribution in [0.2, 0.25) is 0 Å². The average Bonchev–Trinajstić information content (AvgIpc) is 2.92. The monoisotopic (exact) mass is 479 g/mol. The Balaban J connectivity index is 1.47. The molecule has 2 aliphatic rings. The summed E-state index contributed by atoms with van der Waals surface area (Å²) in [4.78, 5) is 26.5. The molecular formula is C31H29NO4. The summed E-state index contributed by atoms with van der Waals surface area (Å²) in [5.41, 5.74) is 5.84. The molecule has 1 aliphatic carbocycles. The summed E-state index contributed by atoms with van der Waals surface area (Å²) < 4.78 is 11.1. The number of dihydropyridines is 1. The molecule has 0 bridgehead atoms. The summed E-state index contributed by atoms with van der Waals surface area (Å²) in [5.74, 6) is -0.0297. The molecule has 0 amide bonds. The van der Waals surface area contributed by atoms with Crippen LogP contribution in [0.25, 0.3) is 0 Å². The van der Waals surface area contributed by atoms with Crippen molar-refractivity contribution in [3.8, 4) is 5.75 Å². The number of rotatable bonds is 6. The van der Waals surface area contributed by atoms with E-state index in [2.05, 4.69) is 17.4 Å². The van der Waals surface area contributed by atoms with Crippen molar-refractivity contribution < 1.29 is 19.1 Å². The minimum atomic E-state index is -0.485. The van der Waals surface area contributed by atoms with Crippen molar-refractivity contribution in [2.24, 2.45) is 0 Å². The molecular weight excluding hydrogens is 450 g/mol. The number of carbonyl (C=O) groups excluding carboxylic acids is 2. The summed E-state index contributed by atoms with van der Waals surface area (Å²) in [6, 6.07) is 27.8. The van der Waals surface area contributed by atoms with Crippen LogP contribution in [-0.4, -0.2) is 18.9 Å². The van der Waals surface area contributed by atoms with Gasteiger partial charge in [-0.05, 0) is 48.1 Å². The number of esters is 1. The maximum atomic E-state index is 13.6. The maximum absolute atomic E-state index is 13.6. The Kier molecular flexibility index (Phi) is 6.72. The first-order valence-corrected chi connectivity index (χ1v) is 12.2. The fraction of sp³-hybridized carbons (Fsp3) is 0.226. The molecule has 0 saturated carbocycles. The number of methoxy groups -OCH3 is 1. The topological polar surface area (TPSA) is 64.6 Å². The van der Waals surface area contributed by atoms with Crippen molar-refractivity contribution in [2.75, 3.05) is 7.11 Å². The normalized spacial score (nSPS) is 19.4. The van der Waals surface area contributed by atoms with Gasteiger partial charge in [0, 0.05) is 29.3 Å². The van der Waals surface area contributed by atoms with Gasteiger partial charge in [0.05, 0.1) is 12.7 Å². The summed E-state index contributed by atoms with van der Waals surface area (Å²) in [6.07, 6.45) is 1.12. The largest absolute Gasteiger partial charge is 0.489 e. The number of benzene rings is 3. The molecule has 3 aromatic carbocycles. The zero-order valence-corrected chi connectivity index (χ0v) is 20.5. The lowest BCUT2D eigenvalue weighted by atomic mass is 9.72. The lowest BCUT2D eigenvalue weighted by Crippen LogP contribution is -2.36. The van der Waals surface area contributed by atoms with E-state index in [-0.39, 0.29) is 11.7 Å². The van der Waals surface area contributed by atoms with Gasteiger partial charge in [-0.25, -0.2) is 4.79 Å². The van der Waals surface area contributed by atoms with Gasteiger partial charge in [-0.2, -0.15) is 0 Å². The summed E-state index contributed by atoms with van der Waals surface area (Å²) in [5, 5.41) is 3.38. The first kappa shape index (κ1) is 23.6. The summed E-state index contributed by atoms with van der Waals surface area (Å²) in [7, 11) is 1.37. The lowest BCUT2D eigenvalue weighted by Gasteiger charge is -2.36. The predicted octanol–water partition coefficient (Wildman–Crippen LogP) is 5.80. The highest BCUT2D eigenvalue weighted by Crippen LogP contribution is 2.45. The standard InChI is InChI=1S/C31H29NO4/c1-20-28(31(34)35-2)29(23-13-15-25(16-14-23)36-19-21-9-5-3-6-10-21)30-26(32-20)17-24(18-27(30)33)22-11-7-4-8-12-22/h3-16,24,29,32H,17-19H2,1-2H3/t24-,29+/m0/s1. The van der Waals surface area contributed by atoms with Crippen LogP contribution in [0.1, 0.15) is 48.3 Å². The van der Waals surface area contributed by atoms with Gasteiger partial charge in [0.25, 0.3) is 0 Å². The highest BCUT2D eigenvalue weighted by molar-refractivity contribution is 6.04. The molecule has 1 N–H and O–H groups in total. The number of allylic oxidation sites excluding steroid dienone is 3. The number of ether oxygens (including phenoxy) is 2. The third kappa shape index (κ3) is 4.69. The number of hydrogen-bond acceptors (Lipinski definition) is 5. The Morgan fingerprint density at radius 1 is 0.889 bits per heavy atom. The van der Waals surface area contributed by atoms with E-state index in [0.717, 1.165) is 33.8 Å². The fourth-order valence-corrected chi connectivity index (χ4v) is 5.21. The number of carbonyl (C=O) groups is 2. The molecule has 1 heterocycles. The van der Waals surface area contributed by atoms with E-state index < -0.39 is 11.9 Å². The maximum Gasteiger partial charge on any atom is 0.336 e. The predicted molar refractivity (Wildman–Crippen MR) is 138 cm³/mol. The van der Waals surface area contributed by atoms with Gasteiger partial charge in [0.1, 0.15) is 12.4 Å². The van der Waals surface area contributed by atoms with Crippen LogP contribution in [-0.2, 0) is 20.9 Å². The minimum Gasteiger partial charge on any atom is -0.489 e. The van der Waals surface area contributed by atoms with Crippen molar-refractivity contribution in [1.29, 1.82) is 0 Å². The Bertz CT molecular complexity index is 1320. The van der Waals surface area contributed by atoms with Crippen LogP contribution in [0.15, 0.2) is 107 Å². The Morgan fingerprint density at radius 3 is 2.22 bits per heavy atom. The van der Waals surface area contributed by atoms with Gasteiger partial charge < -0.3 is 14.8 Å².